The fourth-order valence-electron chi connectivity index (χ4n) is 3.84. The Labute approximate surface area is 199 Å². The van der Waals surface area contributed by atoms with Crippen molar-refractivity contribution in [2.24, 2.45) is 7.05 Å². The van der Waals surface area contributed by atoms with E-state index >= 15 is 0 Å². The van der Waals surface area contributed by atoms with Crippen LogP contribution in [0.25, 0.3) is 22.2 Å². The minimum atomic E-state index is -0.338. The number of halogens is 1. The van der Waals surface area contributed by atoms with Crippen molar-refractivity contribution in [3.05, 3.63) is 96.1 Å². The number of hydrogen-bond donors (Lipinski definition) is 0. The van der Waals surface area contributed by atoms with Gasteiger partial charge in [0.05, 0.1) is 17.0 Å². The third-order valence-electron chi connectivity index (χ3n) is 5.38. The average Bonchev–Trinajstić information content (AvgIpc) is 3.45. The number of Topliss-reactive ketones (excluding diaryl/α,β-unsaturated/α-hetero) is 1. The number of para-hydroxylation sites is 1. The van der Waals surface area contributed by atoms with E-state index in [2.05, 4.69) is 14.8 Å². The Hall–Kier alpha value is -3.91. The van der Waals surface area contributed by atoms with Gasteiger partial charge in [-0.05, 0) is 35.9 Å². The summed E-state index contributed by atoms with van der Waals surface area (Å²) in [6.45, 7) is 0.0502. The summed E-state index contributed by atoms with van der Waals surface area (Å²) in [7, 11) is 1.97. The maximum absolute atomic E-state index is 13.4. The van der Waals surface area contributed by atoms with Gasteiger partial charge in [-0.15, -0.1) is 10.2 Å². The number of nitrogens with zero attached hydrogens (tertiary/aromatic N) is 3. The van der Waals surface area contributed by atoms with Gasteiger partial charge in [0.15, 0.2) is 12.4 Å². The molecule has 0 radical (unpaired) electrons. The van der Waals surface area contributed by atoms with Gasteiger partial charge >= 0.3 is 0 Å². The maximum atomic E-state index is 13.4. The first-order chi connectivity index (χ1) is 16.6. The van der Waals surface area contributed by atoms with Crippen molar-refractivity contribution in [3.8, 4) is 17.0 Å². The van der Waals surface area contributed by atoms with Gasteiger partial charge in [-0.25, -0.2) is 4.39 Å². The van der Waals surface area contributed by atoms with Gasteiger partial charge in [0, 0.05) is 18.0 Å². The van der Waals surface area contributed by atoms with Crippen LogP contribution in [0, 0.1) is 5.82 Å². The third-order valence-corrected chi connectivity index (χ3v) is 6.20. The van der Waals surface area contributed by atoms with Crippen LogP contribution >= 0.6 is 11.8 Å². The van der Waals surface area contributed by atoms with Crippen molar-refractivity contribution in [2.75, 3.05) is 5.75 Å². The number of aryl methyl sites for hydroxylation is 1. The topological polar surface area (TPSA) is 70.2 Å². The zero-order valence-corrected chi connectivity index (χ0v) is 19.1. The molecule has 2 aromatic heterocycles. The van der Waals surface area contributed by atoms with E-state index in [1.165, 1.54) is 36.0 Å². The highest BCUT2D eigenvalue weighted by atomic mass is 32.2. The van der Waals surface area contributed by atoms with Crippen LogP contribution in [0.5, 0.6) is 5.75 Å². The summed E-state index contributed by atoms with van der Waals surface area (Å²) >= 11 is 1.19. The normalized spacial score (nSPS) is 11.1. The molecular weight excluding hydrogens is 453 g/mol. The molecule has 170 valence electrons. The van der Waals surface area contributed by atoms with E-state index in [0.29, 0.717) is 11.3 Å². The zero-order valence-electron chi connectivity index (χ0n) is 18.3. The summed E-state index contributed by atoms with van der Waals surface area (Å²) in [6.07, 6.45) is 0. The molecule has 0 atom stereocenters. The van der Waals surface area contributed by atoms with Crippen LogP contribution < -0.4 is 4.74 Å². The molecule has 6 nitrogen and oxygen atoms in total. The van der Waals surface area contributed by atoms with E-state index < -0.39 is 0 Å². The molecule has 0 aliphatic rings. The molecule has 0 fully saturated rings. The number of fused-ring (bicyclic) bond motifs is 1. The Kier molecular flexibility index (Phi) is 6.14. The molecule has 34 heavy (non-hydrogen) atoms. The van der Waals surface area contributed by atoms with Gasteiger partial charge in [0.1, 0.15) is 11.6 Å². The van der Waals surface area contributed by atoms with Crippen molar-refractivity contribution in [1.82, 2.24) is 14.8 Å². The Morgan fingerprint density at radius 1 is 1.00 bits per heavy atom. The number of hydrogen-bond acceptors (Lipinski definition) is 6. The van der Waals surface area contributed by atoms with E-state index in [1.807, 2.05) is 61.6 Å². The number of ether oxygens (including phenoxy) is 1. The Balaban J connectivity index is 1.33. The van der Waals surface area contributed by atoms with Gasteiger partial charge in [0.2, 0.25) is 0 Å². The quantitative estimate of drug-likeness (QED) is 0.206. The van der Waals surface area contributed by atoms with Gasteiger partial charge in [-0.2, -0.15) is 0 Å². The highest BCUT2D eigenvalue weighted by molar-refractivity contribution is 7.99. The molecule has 0 bridgehead atoms. The largest absolute Gasteiger partial charge is 0.484 e. The Bertz CT molecular complexity index is 1450. The lowest BCUT2D eigenvalue weighted by Crippen LogP contribution is -2.05. The monoisotopic (exact) mass is 473 g/mol. The summed E-state index contributed by atoms with van der Waals surface area (Å²) < 4.78 is 26.2. The molecular formula is C26H20FN3O3S. The van der Waals surface area contributed by atoms with Crippen LogP contribution in [-0.4, -0.2) is 26.3 Å². The van der Waals surface area contributed by atoms with Crippen molar-refractivity contribution in [3.63, 3.8) is 0 Å². The van der Waals surface area contributed by atoms with Crippen molar-refractivity contribution < 1.29 is 18.3 Å². The minimum Gasteiger partial charge on any atom is -0.484 e. The number of aromatic nitrogens is 3. The van der Waals surface area contributed by atoms with Crippen molar-refractivity contribution in [1.29, 1.82) is 0 Å². The summed E-state index contributed by atoms with van der Waals surface area (Å²) in [5.41, 5.74) is 3.53. The standard InChI is InChI=1S/C26H20FN3O3S/c1-30-21-10-6-5-9-20(21)24(25(30)17-7-3-2-4-8-17)22(31)16-34-26-29-28-23(33-26)15-32-19-13-11-18(27)12-14-19/h2-14H,15-16H2,1H3. The summed E-state index contributed by atoms with van der Waals surface area (Å²) in [4.78, 5) is 13.4. The lowest BCUT2D eigenvalue weighted by molar-refractivity contribution is 0.102. The van der Waals surface area contributed by atoms with E-state index in [9.17, 15) is 9.18 Å². The predicted molar refractivity (Wildman–Crippen MR) is 128 cm³/mol. The third kappa shape index (κ3) is 4.45. The highest BCUT2D eigenvalue weighted by Gasteiger charge is 2.22. The van der Waals surface area contributed by atoms with Gasteiger partial charge in [0.25, 0.3) is 11.1 Å². The Morgan fingerprint density at radius 2 is 1.74 bits per heavy atom. The molecule has 8 heteroatoms. The maximum Gasteiger partial charge on any atom is 0.277 e. The average molecular weight is 474 g/mol. The van der Waals surface area contributed by atoms with Gasteiger partial charge in [-0.3, -0.25) is 4.79 Å². The first kappa shape index (κ1) is 21.9. The first-order valence-corrected chi connectivity index (χ1v) is 11.6. The molecule has 3 aromatic carbocycles. The van der Waals surface area contributed by atoms with Crippen LogP contribution in [0.4, 0.5) is 4.39 Å². The van der Waals surface area contributed by atoms with Crippen LogP contribution in [0.1, 0.15) is 16.2 Å². The van der Waals surface area contributed by atoms with Crippen molar-refractivity contribution >= 4 is 28.4 Å². The highest BCUT2D eigenvalue weighted by Crippen LogP contribution is 2.34. The fourth-order valence-corrected chi connectivity index (χ4v) is 4.49. The molecule has 0 unspecified atom stereocenters. The lowest BCUT2D eigenvalue weighted by Gasteiger charge is -2.07. The fraction of sp³-hybridized carbons (Fsp3) is 0.115. The first-order valence-electron chi connectivity index (χ1n) is 10.6. The van der Waals surface area contributed by atoms with Gasteiger partial charge in [-0.1, -0.05) is 60.3 Å². The SMILES string of the molecule is Cn1c(-c2ccccc2)c(C(=O)CSc2nnc(COc3ccc(F)cc3)o2)c2ccccc21. The molecule has 0 amide bonds. The molecule has 0 aliphatic carbocycles. The van der Waals surface area contributed by atoms with E-state index in [0.717, 1.165) is 22.2 Å². The summed E-state index contributed by atoms with van der Waals surface area (Å²) in [5, 5.41) is 9.17. The number of carbonyl (C=O) groups is 1. The number of rotatable bonds is 8. The molecule has 0 aliphatic heterocycles. The number of thioether (sulfide) groups is 1. The second-order valence-electron chi connectivity index (χ2n) is 7.58. The second kappa shape index (κ2) is 9.52. The molecule has 0 saturated heterocycles. The van der Waals surface area contributed by atoms with Crippen LogP contribution in [0.2, 0.25) is 0 Å². The van der Waals surface area contributed by atoms with Crippen LogP contribution in [0.15, 0.2) is 88.5 Å². The van der Waals surface area contributed by atoms with Crippen LogP contribution in [0.3, 0.4) is 0 Å². The van der Waals surface area contributed by atoms with Crippen LogP contribution in [-0.2, 0) is 13.7 Å². The molecule has 5 rings (SSSR count). The molecule has 5 aromatic rings. The molecule has 2 heterocycles. The molecule has 0 saturated carbocycles. The zero-order chi connectivity index (χ0) is 23.5. The minimum absolute atomic E-state index is 0.0250. The predicted octanol–water partition coefficient (Wildman–Crippen LogP) is 5.92. The van der Waals surface area contributed by atoms with E-state index in [1.54, 1.807) is 0 Å². The van der Waals surface area contributed by atoms with Crippen molar-refractivity contribution in [2.45, 2.75) is 11.8 Å². The Morgan fingerprint density at radius 3 is 2.53 bits per heavy atom. The lowest BCUT2D eigenvalue weighted by atomic mass is 10.0. The van der Waals surface area contributed by atoms with Gasteiger partial charge < -0.3 is 13.7 Å². The van der Waals surface area contributed by atoms with E-state index in [4.69, 9.17) is 9.15 Å². The number of ketones is 1. The molecule has 0 spiro atoms. The number of carbonyl (C=O) groups excluding carboxylic acids is 1. The van der Waals surface area contributed by atoms with E-state index in [-0.39, 0.29) is 35.1 Å². The molecule has 0 N–H and O–H groups in total. The second-order valence-corrected chi connectivity index (χ2v) is 8.51. The summed E-state index contributed by atoms with van der Waals surface area (Å²) in [6, 6.07) is 23.4. The smallest absolute Gasteiger partial charge is 0.277 e. The summed E-state index contributed by atoms with van der Waals surface area (Å²) in [5.74, 6) is 0.551. The number of benzene rings is 3.